The third-order valence-corrected chi connectivity index (χ3v) is 6.66. The van der Waals surface area contributed by atoms with E-state index in [4.69, 9.17) is 14.2 Å². The summed E-state index contributed by atoms with van der Waals surface area (Å²) in [6.45, 7) is 9.82. The number of urea groups is 1. The van der Waals surface area contributed by atoms with Crippen molar-refractivity contribution in [1.29, 1.82) is 0 Å². The van der Waals surface area contributed by atoms with Crippen LogP contribution in [-0.2, 0) is 22.5 Å². The first-order valence-corrected chi connectivity index (χ1v) is 14.4. The molecule has 1 aliphatic heterocycles. The molecule has 39 heavy (non-hydrogen) atoms. The predicted octanol–water partition coefficient (Wildman–Crippen LogP) is 5.70. The van der Waals surface area contributed by atoms with E-state index in [9.17, 15) is 9.90 Å². The van der Waals surface area contributed by atoms with Crippen molar-refractivity contribution in [3.63, 3.8) is 0 Å². The molecule has 1 atom stereocenters. The lowest BCUT2D eigenvalue weighted by molar-refractivity contribution is -0.180. The molecule has 2 amide bonds. The van der Waals surface area contributed by atoms with E-state index in [1.54, 1.807) is 0 Å². The van der Waals surface area contributed by atoms with Crippen molar-refractivity contribution in [2.75, 3.05) is 38.2 Å². The average molecular weight is 542 g/mol. The summed E-state index contributed by atoms with van der Waals surface area (Å²) < 4.78 is 17.3. The molecule has 0 aromatic heterocycles. The van der Waals surface area contributed by atoms with Crippen LogP contribution in [0.25, 0.3) is 0 Å². The Morgan fingerprint density at radius 3 is 2.67 bits per heavy atom. The van der Waals surface area contributed by atoms with Crippen molar-refractivity contribution in [3.05, 3.63) is 59.2 Å². The molecule has 0 saturated heterocycles. The number of unbranched alkanes of at least 4 members (excludes halogenated alkanes) is 4. The fourth-order valence-electron chi connectivity index (χ4n) is 4.50. The fourth-order valence-corrected chi connectivity index (χ4v) is 4.50. The minimum absolute atomic E-state index is 0.171. The number of nitrogens with one attached hydrogen (secondary N) is 3. The van der Waals surface area contributed by atoms with Gasteiger partial charge in [-0.2, -0.15) is 0 Å². The summed E-state index contributed by atoms with van der Waals surface area (Å²) in [5.41, 5.74) is 3.91. The second-order valence-corrected chi connectivity index (χ2v) is 10.5. The van der Waals surface area contributed by atoms with Crippen LogP contribution in [0.1, 0.15) is 82.1 Å². The lowest BCUT2D eigenvalue weighted by Gasteiger charge is -2.33. The molecule has 1 heterocycles. The summed E-state index contributed by atoms with van der Waals surface area (Å²) in [7, 11) is 0. The van der Waals surface area contributed by atoms with Crippen LogP contribution in [0.2, 0.25) is 0 Å². The number of ether oxygens (including phenoxy) is 3. The molecule has 0 spiro atoms. The summed E-state index contributed by atoms with van der Waals surface area (Å²) >= 11 is 0. The minimum Gasteiger partial charge on any atom is -0.463 e. The van der Waals surface area contributed by atoms with Gasteiger partial charge >= 0.3 is 6.03 Å². The summed E-state index contributed by atoms with van der Waals surface area (Å²) in [6, 6.07) is 13.7. The number of aliphatic hydroxyl groups excluding tert-OH is 1. The van der Waals surface area contributed by atoms with E-state index < -0.39 is 11.9 Å². The Morgan fingerprint density at radius 2 is 1.85 bits per heavy atom. The first kappa shape index (κ1) is 30.9. The molecule has 8 heteroatoms. The summed E-state index contributed by atoms with van der Waals surface area (Å²) in [6.07, 6.45) is 6.98. The molecule has 0 bridgehead atoms. The molecule has 0 saturated carbocycles. The number of carbonyl (C=O) groups is 1. The van der Waals surface area contributed by atoms with Gasteiger partial charge in [-0.15, -0.1) is 0 Å². The predicted molar refractivity (Wildman–Crippen MR) is 155 cm³/mol. The number of hydrogen-bond donors (Lipinski definition) is 4. The zero-order valence-corrected chi connectivity index (χ0v) is 23.9. The van der Waals surface area contributed by atoms with Crippen molar-refractivity contribution >= 4 is 11.7 Å². The largest absolute Gasteiger partial charge is 0.463 e. The molecule has 216 valence electrons. The van der Waals surface area contributed by atoms with E-state index in [-0.39, 0.29) is 6.03 Å². The van der Waals surface area contributed by atoms with Crippen LogP contribution < -0.4 is 20.7 Å². The van der Waals surface area contributed by atoms with Crippen molar-refractivity contribution in [3.8, 4) is 5.75 Å². The molecule has 2 aromatic rings. The number of rotatable bonds is 17. The normalized spacial score (nSPS) is 14.8. The van der Waals surface area contributed by atoms with E-state index in [2.05, 4.69) is 22.0 Å². The number of aryl methyl sites for hydroxylation is 1. The van der Waals surface area contributed by atoms with Gasteiger partial charge in [0.2, 0.25) is 5.79 Å². The smallest absolute Gasteiger partial charge is 0.319 e. The lowest BCUT2D eigenvalue weighted by Crippen LogP contribution is -2.35. The highest BCUT2D eigenvalue weighted by molar-refractivity contribution is 5.89. The highest BCUT2D eigenvalue weighted by atomic mass is 16.7. The number of fused-ring (bicyclic) bond motifs is 1. The first-order valence-electron chi connectivity index (χ1n) is 14.4. The van der Waals surface area contributed by atoms with Crippen LogP contribution >= 0.6 is 0 Å². The van der Waals surface area contributed by atoms with Gasteiger partial charge in [0, 0.05) is 51.4 Å². The number of carbonyl (C=O) groups excluding carboxylic acids is 1. The van der Waals surface area contributed by atoms with Crippen LogP contribution in [0.4, 0.5) is 10.5 Å². The molecule has 0 radical (unpaired) electrons. The molecular formula is C31H47N3O5. The highest BCUT2D eigenvalue weighted by Crippen LogP contribution is 2.32. The summed E-state index contributed by atoms with van der Waals surface area (Å²) in [5, 5.41) is 19.5. The number of aliphatic hydroxyl groups is 1. The standard InChI is InChI=1S/C31H47N3O5/c1-4-33-30(36)34-27-14-11-13-24(20-27)12-7-10-19-37-18-9-6-5-8-17-32-22-28(35)25-15-16-29-26(21-25)23-38-31(2,3)39-29/h11,13-16,20-21,28,32,35H,4-10,12,17-19,22-23H2,1-3H3,(H2,33,34,36)/t28-/m0/s1. The topological polar surface area (TPSA) is 101 Å². The Morgan fingerprint density at radius 1 is 1.05 bits per heavy atom. The van der Waals surface area contributed by atoms with Gasteiger partial charge < -0.3 is 35.3 Å². The zero-order chi connectivity index (χ0) is 27.9. The van der Waals surface area contributed by atoms with Gasteiger partial charge in [0.15, 0.2) is 0 Å². The second kappa shape index (κ2) is 16.5. The van der Waals surface area contributed by atoms with Gasteiger partial charge in [0.1, 0.15) is 5.75 Å². The SMILES string of the molecule is CCNC(=O)Nc1cccc(CCCCOCCCCCCNC[C@H](O)c2ccc3c(c2)COC(C)(C)O3)c1. The monoisotopic (exact) mass is 541 g/mol. The quantitative estimate of drug-likeness (QED) is 0.192. The molecule has 3 rings (SSSR count). The summed E-state index contributed by atoms with van der Waals surface area (Å²) in [4.78, 5) is 11.7. The van der Waals surface area contributed by atoms with E-state index in [0.717, 1.165) is 87.3 Å². The van der Waals surface area contributed by atoms with Crippen molar-refractivity contribution in [1.82, 2.24) is 10.6 Å². The molecule has 8 nitrogen and oxygen atoms in total. The lowest BCUT2D eigenvalue weighted by atomic mass is 10.0. The van der Waals surface area contributed by atoms with Crippen LogP contribution in [0.5, 0.6) is 5.75 Å². The molecule has 1 aliphatic rings. The first-order chi connectivity index (χ1) is 18.9. The van der Waals surface area contributed by atoms with E-state index >= 15 is 0 Å². The van der Waals surface area contributed by atoms with E-state index in [1.165, 1.54) is 5.56 Å². The Balaban J connectivity index is 1.15. The molecule has 2 aromatic carbocycles. The van der Waals surface area contributed by atoms with Gasteiger partial charge in [-0.25, -0.2) is 4.79 Å². The maximum absolute atomic E-state index is 11.7. The molecule has 0 fully saturated rings. The van der Waals surface area contributed by atoms with Gasteiger partial charge in [-0.3, -0.25) is 0 Å². The van der Waals surface area contributed by atoms with Gasteiger partial charge in [0.05, 0.1) is 12.7 Å². The maximum atomic E-state index is 11.7. The summed E-state index contributed by atoms with van der Waals surface area (Å²) in [5.74, 6) is 0.220. The minimum atomic E-state index is -0.608. The zero-order valence-electron chi connectivity index (χ0n) is 23.9. The Labute approximate surface area is 233 Å². The van der Waals surface area contributed by atoms with Crippen molar-refractivity contribution < 1.29 is 24.1 Å². The third kappa shape index (κ3) is 11.5. The van der Waals surface area contributed by atoms with Crippen LogP contribution in [0.15, 0.2) is 42.5 Å². The van der Waals surface area contributed by atoms with Crippen LogP contribution in [-0.4, -0.2) is 49.8 Å². The van der Waals surface area contributed by atoms with E-state index in [1.807, 2.05) is 57.2 Å². The number of benzene rings is 2. The number of anilines is 1. The molecule has 0 unspecified atom stereocenters. The van der Waals surface area contributed by atoms with Crippen LogP contribution in [0, 0.1) is 0 Å². The number of hydrogen-bond acceptors (Lipinski definition) is 6. The highest BCUT2D eigenvalue weighted by Gasteiger charge is 2.27. The Hall–Kier alpha value is -2.65. The average Bonchev–Trinajstić information content (AvgIpc) is 2.90. The Kier molecular flexibility index (Phi) is 13.0. The second-order valence-electron chi connectivity index (χ2n) is 10.5. The molecular weight excluding hydrogens is 494 g/mol. The fraction of sp³-hybridized carbons (Fsp3) is 0.581. The third-order valence-electron chi connectivity index (χ3n) is 6.66. The van der Waals surface area contributed by atoms with Gasteiger partial charge in [0.25, 0.3) is 0 Å². The Bertz CT molecular complexity index is 1010. The van der Waals surface area contributed by atoms with Gasteiger partial charge in [-0.1, -0.05) is 31.0 Å². The van der Waals surface area contributed by atoms with Crippen LogP contribution in [0.3, 0.4) is 0 Å². The van der Waals surface area contributed by atoms with Gasteiger partial charge in [-0.05, 0) is 81.0 Å². The molecule has 4 N–H and O–H groups in total. The van der Waals surface area contributed by atoms with Crippen molar-refractivity contribution in [2.24, 2.45) is 0 Å². The number of amides is 2. The molecule has 0 aliphatic carbocycles. The van der Waals surface area contributed by atoms with Crippen molar-refractivity contribution in [2.45, 2.75) is 84.2 Å². The maximum Gasteiger partial charge on any atom is 0.319 e. The van der Waals surface area contributed by atoms with E-state index in [0.29, 0.717) is 19.7 Å².